The fourth-order valence-electron chi connectivity index (χ4n) is 2.47. The zero-order valence-corrected chi connectivity index (χ0v) is 15.1. The summed E-state index contributed by atoms with van der Waals surface area (Å²) in [6.45, 7) is 4.05. The molecule has 0 atom stereocenters. The van der Waals surface area contributed by atoms with Gasteiger partial charge in [-0.05, 0) is 58.0 Å². The lowest BCUT2D eigenvalue weighted by Gasteiger charge is -2.13. The molecular formula is C18H17Cl3O2. The maximum absolute atomic E-state index is 11.0. The summed E-state index contributed by atoms with van der Waals surface area (Å²) >= 11 is 18.0. The lowest BCUT2D eigenvalue weighted by atomic mass is 9.96. The Morgan fingerprint density at radius 3 is 2.22 bits per heavy atom. The highest BCUT2D eigenvalue weighted by atomic mass is 35.5. The number of carbonyl (C=O) groups excluding carboxylic acids is 1. The molecule has 0 heterocycles. The molecule has 0 aliphatic rings. The van der Waals surface area contributed by atoms with Crippen molar-refractivity contribution >= 4 is 40.0 Å². The smallest absolute Gasteiger partial charge is 0.226 e. The van der Waals surface area contributed by atoms with Gasteiger partial charge in [0.25, 0.3) is 0 Å². The fourth-order valence-corrected chi connectivity index (χ4v) is 3.29. The van der Waals surface area contributed by atoms with Crippen molar-refractivity contribution in [3.05, 3.63) is 62.6 Å². The Balaban J connectivity index is 2.33. The van der Waals surface area contributed by atoms with Gasteiger partial charge in [-0.25, -0.2) is 0 Å². The molecule has 122 valence electrons. The maximum atomic E-state index is 11.0. The number of hydrogen-bond acceptors (Lipinski definition) is 2. The molecule has 0 saturated carbocycles. The summed E-state index contributed by atoms with van der Waals surface area (Å²) in [5, 5.41) is 10.5. The lowest BCUT2D eigenvalue weighted by molar-refractivity contribution is -0.111. The Bertz CT molecular complexity index is 716. The zero-order valence-electron chi connectivity index (χ0n) is 12.9. The first-order valence-corrected chi connectivity index (χ1v) is 8.38. The molecular weight excluding hydrogens is 355 g/mol. The van der Waals surface area contributed by atoms with Crippen LogP contribution in [0.5, 0.6) is 5.75 Å². The number of rotatable bonds is 5. The predicted molar refractivity (Wildman–Crippen MR) is 96.0 cm³/mol. The third-order valence-corrected chi connectivity index (χ3v) is 4.45. The minimum Gasteiger partial charge on any atom is -0.508 e. The first-order valence-electron chi connectivity index (χ1n) is 7.25. The van der Waals surface area contributed by atoms with Gasteiger partial charge in [-0.2, -0.15) is 0 Å². The quantitative estimate of drug-likeness (QED) is 0.682. The van der Waals surface area contributed by atoms with Gasteiger partial charge in [0.15, 0.2) is 0 Å². The van der Waals surface area contributed by atoms with Gasteiger partial charge in [0.05, 0.1) is 0 Å². The van der Waals surface area contributed by atoms with Gasteiger partial charge in [0, 0.05) is 22.9 Å². The number of halogens is 3. The largest absolute Gasteiger partial charge is 0.508 e. The Morgan fingerprint density at radius 2 is 1.70 bits per heavy atom. The second kappa shape index (κ2) is 7.57. The molecule has 0 fully saturated rings. The van der Waals surface area contributed by atoms with E-state index in [4.69, 9.17) is 34.8 Å². The van der Waals surface area contributed by atoms with E-state index in [9.17, 15) is 9.90 Å². The third-order valence-electron chi connectivity index (χ3n) is 3.64. The fraction of sp³-hybridized carbons (Fsp3) is 0.278. The van der Waals surface area contributed by atoms with E-state index in [1.54, 1.807) is 18.2 Å². The molecule has 0 aliphatic heterocycles. The Labute approximate surface area is 151 Å². The second-order valence-corrected chi connectivity index (χ2v) is 7.03. The first kappa shape index (κ1) is 18.1. The third kappa shape index (κ3) is 4.63. The number of phenolic OH excluding ortho intramolecular Hbond substituents is 1. The van der Waals surface area contributed by atoms with Crippen molar-refractivity contribution < 1.29 is 9.90 Å². The zero-order chi connectivity index (χ0) is 17.1. The van der Waals surface area contributed by atoms with Crippen molar-refractivity contribution in [2.45, 2.75) is 32.6 Å². The van der Waals surface area contributed by atoms with Crippen LogP contribution in [-0.2, 0) is 17.6 Å². The summed E-state index contributed by atoms with van der Waals surface area (Å²) in [4.78, 5) is 11.0. The molecule has 2 aromatic rings. The summed E-state index contributed by atoms with van der Waals surface area (Å²) < 4.78 is 0. The van der Waals surface area contributed by atoms with E-state index >= 15 is 0 Å². The number of hydrogen-bond donors (Lipinski definition) is 1. The molecule has 0 aliphatic carbocycles. The van der Waals surface area contributed by atoms with Crippen molar-refractivity contribution in [3.63, 3.8) is 0 Å². The van der Waals surface area contributed by atoms with Crippen molar-refractivity contribution in [1.82, 2.24) is 0 Å². The van der Waals surface area contributed by atoms with E-state index in [-0.39, 0.29) is 18.1 Å². The van der Waals surface area contributed by atoms with Crippen LogP contribution < -0.4 is 0 Å². The van der Waals surface area contributed by atoms with E-state index in [0.29, 0.717) is 22.0 Å². The Morgan fingerprint density at radius 1 is 1.09 bits per heavy atom. The van der Waals surface area contributed by atoms with Gasteiger partial charge in [-0.15, -0.1) is 0 Å². The van der Waals surface area contributed by atoms with E-state index in [0.717, 1.165) is 16.7 Å². The van der Waals surface area contributed by atoms with E-state index in [1.807, 2.05) is 26.0 Å². The summed E-state index contributed by atoms with van der Waals surface area (Å²) in [6, 6.07) is 8.93. The molecule has 1 N–H and O–H groups in total. The molecule has 0 unspecified atom stereocenters. The average Bonchev–Trinajstić information content (AvgIpc) is 2.43. The van der Waals surface area contributed by atoms with Crippen LogP contribution in [0.15, 0.2) is 30.3 Å². The molecule has 5 heteroatoms. The normalized spacial score (nSPS) is 11.0. The van der Waals surface area contributed by atoms with Gasteiger partial charge in [-0.1, -0.05) is 49.2 Å². The van der Waals surface area contributed by atoms with Gasteiger partial charge >= 0.3 is 0 Å². The molecule has 0 aromatic heterocycles. The van der Waals surface area contributed by atoms with E-state index < -0.39 is 5.24 Å². The molecule has 0 saturated heterocycles. The summed E-state index contributed by atoms with van der Waals surface area (Å²) in [5.74, 6) is 0.509. The standard InChI is InChI=1S/C18H17Cl3O2/c1-10(2)13-5-11(3-4-17(13)22)6-14-15(19)7-12(8-16(14)20)9-18(21)23/h3-5,7-8,10,22H,6,9H2,1-2H3. The monoisotopic (exact) mass is 370 g/mol. The van der Waals surface area contributed by atoms with Crippen molar-refractivity contribution in [2.75, 3.05) is 0 Å². The van der Waals surface area contributed by atoms with E-state index in [1.165, 1.54) is 0 Å². The minimum absolute atomic E-state index is 0.0952. The van der Waals surface area contributed by atoms with Crippen LogP contribution in [-0.4, -0.2) is 10.3 Å². The summed E-state index contributed by atoms with van der Waals surface area (Å²) in [6.07, 6.45) is 0.644. The van der Waals surface area contributed by atoms with Crippen LogP contribution in [0, 0.1) is 0 Å². The molecule has 0 amide bonds. The van der Waals surface area contributed by atoms with Gasteiger partial charge < -0.3 is 5.11 Å². The second-order valence-electron chi connectivity index (χ2n) is 5.79. The highest BCUT2D eigenvalue weighted by Gasteiger charge is 2.13. The molecule has 2 aromatic carbocycles. The Kier molecular flexibility index (Phi) is 5.96. The topological polar surface area (TPSA) is 37.3 Å². The maximum Gasteiger partial charge on any atom is 0.226 e. The summed E-state index contributed by atoms with van der Waals surface area (Å²) in [5.41, 5.74) is 3.38. The highest BCUT2D eigenvalue weighted by molar-refractivity contribution is 6.63. The van der Waals surface area contributed by atoms with Crippen molar-refractivity contribution in [2.24, 2.45) is 0 Å². The van der Waals surface area contributed by atoms with Gasteiger partial charge in [0.2, 0.25) is 5.24 Å². The molecule has 23 heavy (non-hydrogen) atoms. The van der Waals surface area contributed by atoms with Crippen molar-refractivity contribution in [3.8, 4) is 5.75 Å². The molecule has 0 radical (unpaired) electrons. The minimum atomic E-state index is -0.454. The SMILES string of the molecule is CC(C)c1cc(Cc2c(Cl)cc(CC(=O)Cl)cc2Cl)ccc1O. The summed E-state index contributed by atoms with van der Waals surface area (Å²) in [7, 11) is 0. The van der Waals surface area contributed by atoms with Gasteiger partial charge in [0.1, 0.15) is 5.75 Å². The van der Waals surface area contributed by atoms with Crippen LogP contribution in [0.3, 0.4) is 0 Å². The van der Waals surface area contributed by atoms with Gasteiger partial charge in [-0.3, -0.25) is 4.79 Å². The number of carbonyl (C=O) groups is 1. The average molecular weight is 372 g/mol. The van der Waals surface area contributed by atoms with Crippen LogP contribution in [0.4, 0.5) is 0 Å². The lowest BCUT2D eigenvalue weighted by Crippen LogP contribution is -1.98. The highest BCUT2D eigenvalue weighted by Crippen LogP contribution is 2.32. The molecule has 2 nitrogen and oxygen atoms in total. The van der Waals surface area contributed by atoms with Crippen molar-refractivity contribution in [1.29, 1.82) is 0 Å². The van der Waals surface area contributed by atoms with E-state index in [2.05, 4.69) is 0 Å². The first-order chi connectivity index (χ1) is 10.8. The number of aromatic hydroxyl groups is 1. The van der Waals surface area contributed by atoms with Crippen LogP contribution >= 0.6 is 34.8 Å². The number of benzene rings is 2. The Hall–Kier alpha value is -1.22. The van der Waals surface area contributed by atoms with Crippen LogP contribution in [0.25, 0.3) is 0 Å². The predicted octanol–water partition coefficient (Wildman–Crippen LogP) is 5.72. The van der Waals surface area contributed by atoms with Crippen LogP contribution in [0.2, 0.25) is 10.0 Å². The molecule has 2 rings (SSSR count). The molecule has 0 spiro atoms. The number of phenols is 1. The van der Waals surface area contributed by atoms with Crippen LogP contribution in [0.1, 0.15) is 42.0 Å². The molecule has 0 bridgehead atoms.